The molecule has 2 unspecified atom stereocenters. The summed E-state index contributed by atoms with van der Waals surface area (Å²) in [5.41, 5.74) is 0. The van der Waals surface area contributed by atoms with Gasteiger partial charge in [0.1, 0.15) is 13.2 Å². The topological polar surface area (TPSA) is 111 Å². The van der Waals surface area contributed by atoms with Crippen LogP contribution in [0.5, 0.6) is 0 Å². The molecule has 0 aromatic heterocycles. The third-order valence-electron chi connectivity index (χ3n) is 9.45. The van der Waals surface area contributed by atoms with E-state index in [2.05, 4.69) is 38.2 Å². The lowest BCUT2D eigenvalue weighted by atomic mass is 10.0. The molecule has 9 heteroatoms. The number of carboxylic acids is 1. The summed E-state index contributed by atoms with van der Waals surface area (Å²) in [6, 6.07) is 0. The zero-order valence-electron chi connectivity index (χ0n) is 35.6. The summed E-state index contributed by atoms with van der Waals surface area (Å²) in [7, 11) is 5.90. The molecule has 0 spiro atoms. The van der Waals surface area contributed by atoms with Gasteiger partial charge in [-0.2, -0.15) is 0 Å². The number of carboxylic acid groups (broad SMARTS) is 1. The van der Waals surface area contributed by atoms with Crippen molar-refractivity contribution in [3.8, 4) is 0 Å². The monoisotopic (exact) mass is 766 g/mol. The van der Waals surface area contributed by atoms with Gasteiger partial charge in [-0.05, 0) is 38.5 Å². The highest BCUT2D eigenvalue weighted by atomic mass is 16.7. The summed E-state index contributed by atoms with van der Waals surface area (Å²) in [6.07, 6.45) is 36.3. The van der Waals surface area contributed by atoms with E-state index in [1.54, 1.807) is 0 Å². The lowest BCUT2D eigenvalue weighted by Gasteiger charge is -2.26. The Morgan fingerprint density at radius 2 is 1.02 bits per heavy atom. The second-order valence-electron chi connectivity index (χ2n) is 16.0. The van der Waals surface area contributed by atoms with Gasteiger partial charge in [0.2, 0.25) is 0 Å². The van der Waals surface area contributed by atoms with Gasteiger partial charge in [0.25, 0.3) is 0 Å². The molecule has 2 atom stereocenters. The Kier molecular flexibility index (Phi) is 36.1. The van der Waals surface area contributed by atoms with Crippen LogP contribution >= 0.6 is 0 Å². The van der Waals surface area contributed by atoms with E-state index in [0.717, 1.165) is 64.2 Å². The Bertz CT molecular complexity index is 944. The lowest BCUT2D eigenvalue weighted by molar-refractivity contribution is -0.870. The normalized spacial score (nSPS) is 13.1. The van der Waals surface area contributed by atoms with Crippen LogP contribution in [-0.4, -0.2) is 82.3 Å². The van der Waals surface area contributed by atoms with Crippen LogP contribution in [-0.2, 0) is 33.3 Å². The van der Waals surface area contributed by atoms with Gasteiger partial charge in [-0.3, -0.25) is 9.59 Å². The van der Waals surface area contributed by atoms with Crippen molar-refractivity contribution in [2.75, 3.05) is 47.5 Å². The Hall–Kier alpha value is -2.23. The first-order valence-corrected chi connectivity index (χ1v) is 22.0. The van der Waals surface area contributed by atoms with Crippen molar-refractivity contribution in [1.82, 2.24) is 0 Å². The molecule has 0 radical (unpaired) electrons. The van der Waals surface area contributed by atoms with E-state index in [1.165, 1.54) is 89.9 Å². The number of ether oxygens (including phenoxy) is 4. The Labute approximate surface area is 331 Å². The zero-order valence-corrected chi connectivity index (χ0v) is 35.6. The number of carbonyl (C=O) groups is 3. The van der Waals surface area contributed by atoms with E-state index < -0.39 is 24.3 Å². The molecule has 0 heterocycles. The average Bonchev–Trinajstić information content (AvgIpc) is 3.12. The van der Waals surface area contributed by atoms with Crippen molar-refractivity contribution >= 4 is 17.9 Å². The minimum absolute atomic E-state index is 0.146. The SMILES string of the molecule is CCCC/C=C\C/C=C\CCCCCCCC(=O)OC(COC(=O)CCCCCCCCCCCCCCCCC)COC(OCC[N+](C)(C)C)C(=O)[O-]. The minimum atomic E-state index is -1.62. The predicted octanol–water partition coefficient (Wildman–Crippen LogP) is 9.94. The quantitative estimate of drug-likeness (QED) is 0.0199. The third-order valence-corrected chi connectivity index (χ3v) is 9.45. The molecule has 0 aromatic rings. The second kappa shape index (κ2) is 37.7. The summed E-state index contributed by atoms with van der Waals surface area (Å²) in [5.74, 6) is -2.30. The summed E-state index contributed by atoms with van der Waals surface area (Å²) in [6.45, 7) is 4.69. The Balaban J connectivity index is 4.46. The molecular formula is C45H83NO8. The first kappa shape index (κ1) is 51.8. The van der Waals surface area contributed by atoms with Gasteiger partial charge >= 0.3 is 11.9 Å². The van der Waals surface area contributed by atoms with Crippen molar-refractivity contribution in [2.45, 2.75) is 200 Å². The van der Waals surface area contributed by atoms with Crippen LogP contribution in [0.3, 0.4) is 0 Å². The smallest absolute Gasteiger partial charge is 0.306 e. The largest absolute Gasteiger partial charge is 0.545 e. The van der Waals surface area contributed by atoms with E-state index in [-0.39, 0.29) is 32.2 Å². The third kappa shape index (κ3) is 38.1. The molecule has 0 saturated carbocycles. The fourth-order valence-corrected chi connectivity index (χ4v) is 5.96. The average molecular weight is 766 g/mol. The molecule has 0 saturated heterocycles. The van der Waals surface area contributed by atoms with Gasteiger partial charge in [0.15, 0.2) is 12.4 Å². The van der Waals surface area contributed by atoms with Gasteiger partial charge in [-0.25, -0.2) is 0 Å². The highest BCUT2D eigenvalue weighted by molar-refractivity contribution is 5.70. The maximum absolute atomic E-state index is 12.7. The molecule has 0 amide bonds. The van der Waals surface area contributed by atoms with Gasteiger partial charge in [-0.15, -0.1) is 0 Å². The van der Waals surface area contributed by atoms with E-state index in [9.17, 15) is 19.5 Å². The Morgan fingerprint density at radius 3 is 1.52 bits per heavy atom. The summed E-state index contributed by atoms with van der Waals surface area (Å²) >= 11 is 0. The number of likely N-dealkylation sites (N-methyl/N-ethyl adjacent to an activating group) is 1. The van der Waals surface area contributed by atoms with Crippen LogP contribution in [0.4, 0.5) is 0 Å². The first-order valence-electron chi connectivity index (χ1n) is 22.0. The summed E-state index contributed by atoms with van der Waals surface area (Å²) in [4.78, 5) is 36.9. The van der Waals surface area contributed by atoms with Crippen LogP contribution in [0.15, 0.2) is 24.3 Å². The van der Waals surface area contributed by atoms with Crippen molar-refractivity contribution < 1.29 is 42.9 Å². The van der Waals surface area contributed by atoms with Gasteiger partial charge < -0.3 is 33.3 Å². The van der Waals surface area contributed by atoms with Crippen LogP contribution in [0.25, 0.3) is 0 Å². The second-order valence-corrected chi connectivity index (χ2v) is 16.0. The molecule has 54 heavy (non-hydrogen) atoms. The standard InChI is InChI=1S/C45H83NO8/c1-6-8-10-12-14-16-18-20-22-24-25-27-29-31-33-35-42(47)52-39-41(40-53-45(44(49)50)51-38-37-46(3,4)5)54-43(48)36-34-32-30-28-26-23-21-19-17-15-13-11-9-7-2/h13,15,19,21,41,45H,6-12,14,16-18,20,22-40H2,1-5H3/b15-13-,21-19-. The number of quaternary nitrogens is 1. The molecule has 0 aliphatic heterocycles. The number of rotatable bonds is 40. The molecule has 0 bridgehead atoms. The lowest BCUT2D eigenvalue weighted by Crippen LogP contribution is -2.44. The van der Waals surface area contributed by atoms with E-state index in [0.29, 0.717) is 23.9 Å². The molecule has 9 nitrogen and oxygen atoms in total. The van der Waals surface area contributed by atoms with E-state index in [1.807, 2.05) is 21.1 Å². The Morgan fingerprint density at radius 1 is 0.556 bits per heavy atom. The number of allylic oxidation sites excluding steroid dienone is 4. The van der Waals surface area contributed by atoms with Crippen molar-refractivity contribution in [2.24, 2.45) is 0 Å². The van der Waals surface area contributed by atoms with Crippen LogP contribution in [0.2, 0.25) is 0 Å². The van der Waals surface area contributed by atoms with Crippen LogP contribution in [0.1, 0.15) is 187 Å². The van der Waals surface area contributed by atoms with Gasteiger partial charge in [0, 0.05) is 12.8 Å². The number of carbonyl (C=O) groups excluding carboxylic acids is 3. The molecule has 0 aromatic carbocycles. The number of hydrogen-bond donors (Lipinski definition) is 0. The number of esters is 2. The van der Waals surface area contributed by atoms with Gasteiger partial charge in [-0.1, -0.05) is 160 Å². The minimum Gasteiger partial charge on any atom is -0.545 e. The fraction of sp³-hybridized carbons (Fsp3) is 0.844. The summed E-state index contributed by atoms with van der Waals surface area (Å²) < 4.78 is 22.5. The maximum Gasteiger partial charge on any atom is 0.306 e. The summed E-state index contributed by atoms with van der Waals surface area (Å²) in [5, 5.41) is 11.7. The number of nitrogens with zero attached hydrogens (tertiary/aromatic N) is 1. The van der Waals surface area contributed by atoms with Crippen molar-refractivity contribution in [1.29, 1.82) is 0 Å². The molecule has 0 aliphatic rings. The van der Waals surface area contributed by atoms with Crippen LogP contribution in [0, 0.1) is 0 Å². The number of aliphatic carboxylic acids is 1. The van der Waals surface area contributed by atoms with Crippen molar-refractivity contribution in [3.05, 3.63) is 24.3 Å². The molecule has 0 aliphatic carbocycles. The highest BCUT2D eigenvalue weighted by Crippen LogP contribution is 2.15. The highest BCUT2D eigenvalue weighted by Gasteiger charge is 2.21. The molecular weight excluding hydrogens is 682 g/mol. The number of hydrogen-bond acceptors (Lipinski definition) is 8. The maximum atomic E-state index is 12.7. The van der Waals surface area contributed by atoms with E-state index >= 15 is 0 Å². The molecule has 0 N–H and O–H groups in total. The van der Waals surface area contributed by atoms with Gasteiger partial charge in [0.05, 0.1) is 40.3 Å². The predicted molar refractivity (Wildman–Crippen MR) is 219 cm³/mol. The number of unbranched alkanes of at least 4 members (excludes halogenated alkanes) is 21. The molecule has 316 valence electrons. The first-order chi connectivity index (χ1) is 26.1. The van der Waals surface area contributed by atoms with Crippen molar-refractivity contribution in [3.63, 3.8) is 0 Å². The van der Waals surface area contributed by atoms with E-state index in [4.69, 9.17) is 18.9 Å². The molecule has 0 fully saturated rings. The fourth-order valence-electron chi connectivity index (χ4n) is 5.96. The zero-order chi connectivity index (χ0) is 40.0. The van der Waals surface area contributed by atoms with Crippen LogP contribution < -0.4 is 5.11 Å². The molecule has 0 rings (SSSR count).